The predicted molar refractivity (Wildman–Crippen MR) is 142 cm³/mol. The van der Waals surface area contributed by atoms with Crippen LogP contribution in [0.15, 0.2) is 54.7 Å². The summed E-state index contributed by atoms with van der Waals surface area (Å²) in [5, 5.41) is 0. The van der Waals surface area contributed by atoms with Gasteiger partial charge in [-0.25, -0.2) is 9.97 Å². The summed E-state index contributed by atoms with van der Waals surface area (Å²) in [4.78, 5) is 20.3. The molecule has 0 fully saturated rings. The van der Waals surface area contributed by atoms with Crippen molar-refractivity contribution in [1.29, 1.82) is 0 Å². The summed E-state index contributed by atoms with van der Waals surface area (Å²) in [6.45, 7) is 8.39. The zero-order valence-corrected chi connectivity index (χ0v) is 21.3. The van der Waals surface area contributed by atoms with Gasteiger partial charge in [0.05, 0.1) is 22.8 Å². The first-order valence-electron chi connectivity index (χ1n) is 11.4. The summed E-state index contributed by atoms with van der Waals surface area (Å²) in [6, 6.07) is 16.4. The topological polar surface area (TPSA) is 70.2 Å². The van der Waals surface area contributed by atoms with Gasteiger partial charge in [0.25, 0.3) is 0 Å². The van der Waals surface area contributed by atoms with E-state index in [-0.39, 0.29) is 17.1 Å². The van der Waals surface area contributed by atoms with Gasteiger partial charge in [-0.05, 0) is 117 Å². The van der Waals surface area contributed by atoms with Gasteiger partial charge in [-0.1, -0.05) is 0 Å². The number of aromatic amines is 2. The van der Waals surface area contributed by atoms with Gasteiger partial charge in [0, 0.05) is 51.0 Å². The molecule has 0 radical (unpaired) electrons. The summed E-state index contributed by atoms with van der Waals surface area (Å²) in [5.74, 6) is 0. The standard InChI is InChI=1S/C20H14N4.C9H13N.Fe/c1-2-14-10-16-5-6-18(23-16)12-20-8-7-19(24-20)11-17-4-3-15(22-17)9-13(1)21-14;1-6-5-10-9(4)8(3)7(6)2;/h1-12,21,24H;5H,1-4H3;. The van der Waals surface area contributed by atoms with E-state index in [1.807, 2.05) is 61.7 Å². The SMILES string of the molecule is C1=Cc2cc3ccc(cc4nc(cc5ccc(cc1n2)[nH]5)C=C4)[nH]3.Cc1cnc(C)c(C)c1C.[Fe]. The third-order valence-corrected chi connectivity index (χ3v) is 6.19. The molecule has 2 N–H and O–H groups in total. The van der Waals surface area contributed by atoms with Crippen LogP contribution in [0.3, 0.4) is 0 Å². The van der Waals surface area contributed by atoms with Gasteiger partial charge in [-0.15, -0.1) is 0 Å². The number of H-pyrrole nitrogens is 2. The minimum atomic E-state index is 0. The molecule has 4 aromatic rings. The number of aryl methyl sites for hydroxylation is 2. The van der Waals surface area contributed by atoms with Crippen LogP contribution in [0.5, 0.6) is 0 Å². The normalized spacial score (nSPS) is 11.5. The Morgan fingerprint density at radius 2 is 0.914 bits per heavy atom. The van der Waals surface area contributed by atoms with Crippen LogP contribution in [-0.2, 0) is 17.1 Å². The van der Waals surface area contributed by atoms with Crippen molar-refractivity contribution in [3.8, 4) is 0 Å². The minimum absolute atomic E-state index is 0. The number of aromatic nitrogens is 5. The van der Waals surface area contributed by atoms with Crippen molar-refractivity contribution in [3.05, 3.63) is 99.9 Å². The number of hydrogen-bond acceptors (Lipinski definition) is 3. The van der Waals surface area contributed by atoms with Crippen molar-refractivity contribution >= 4 is 46.4 Å². The predicted octanol–water partition coefficient (Wildman–Crippen LogP) is 6.97. The Kier molecular flexibility index (Phi) is 7.15. The van der Waals surface area contributed by atoms with Crippen molar-refractivity contribution < 1.29 is 17.1 Å². The Morgan fingerprint density at radius 3 is 1.26 bits per heavy atom. The van der Waals surface area contributed by atoms with Crippen molar-refractivity contribution in [2.75, 3.05) is 0 Å². The van der Waals surface area contributed by atoms with Crippen molar-refractivity contribution in [3.63, 3.8) is 0 Å². The maximum Gasteiger partial charge on any atom is 0.0658 e. The first kappa shape index (κ1) is 24.4. The van der Waals surface area contributed by atoms with E-state index >= 15 is 0 Å². The number of pyridine rings is 1. The molecule has 6 heteroatoms. The maximum atomic E-state index is 4.63. The Labute approximate surface area is 215 Å². The molecule has 6 heterocycles. The molecule has 0 aliphatic carbocycles. The summed E-state index contributed by atoms with van der Waals surface area (Å²) < 4.78 is 0. The molecule has 4 aromatic heterocycles. The second-order valence-electron chi connectivity index (χ2n) is 8.68. The van der Waals surface area contributed by atoms with E-state index < -0.39 is 0 Å². The molecule has 35 heavy (non-hydrogen) atoms. The third kappa shape index (κ3) is 5.68. The van der Waals surface area contributed by atoms with E-state index in [9.17, 15) is 0 Å². The summed E-state index contributed by atoms with van der Waals surface area (Å²) in [6.07, 6.45) is 10.0. The summed E-state index contributed by atoms with van der Waals surface area (Å²) in [5.41, 5.74) is 13.0. The maximum absolute atomic E-state index is 4.63. The van der Waals surface area contributed by atoms with Crippen molar-refractivity contribution in [1.82, 2.24) is 24.9 Å². The third-order valence-electron chi connectivity index (χ3n) is 6.19. The van der Waals surface area contributed by atoms with Crippen LogP contribution in [0.4, 0.5) is 0 Å². The molecule has 5 nitrogen and oxygen atoms in total. The van der Waals surface area contributed by atoms with Crippen molar-refractivity contribution in [2.45, 2.75) is 27.7 Å². The van der Waals surface area contributed by atoms with Gasteiger partial charge in [0.1, 0.15) is 0 Å². The first-order chi connectivity index (χ1) is 16.4. The van der Waals surface area contributed by atoms with Crippen LogP contribution in [0.25, 0.3) is 46.4 Å². The molecule has 2 aliphatic heterocycles. The Bertz CT molecular complexity index is 1400. The molecule has 176 valence electrons. The average molecular weight is 501 g/mol. The molecule has 0 saturated heterocycles. The number of nitrogens with zero attached hydrogens (tertiary/aromatic N) is 3. The second-order valence-corrected chi connectivity index (χ2v) is 8.68. The molecule has 0 spiro atoms. The van der Waals surface area contributed by atoms with Crippen LogP contribution in [-0.4, -0.2) is 24.9 Å². The Morgan fingerprint density at radius 1 is 0.543 bits per heavy atom. The molecule has 0 aromatic carbocycles. The Balaban J connectivity index is 0.000000224. The molecule has 0 atom stereocenters. The van der Waals surface area contributed by atoms with Crippen LogP contribution in [0.2, 0.25) is 0 Å². The van der Waals surface area contributed by atoms with E-state index in [1.165, 1.54) is 16.7 Å². The van der Waals surface area contributed by atoms with Gasteiger partial charge in [-0.2, -0.15) is 0 Å². The molecule has 0 unspecified atom stereocenters. The van der Waals surface area contributed by atoms with Gasteiger partial charge < -0.3 is 9.97 Å². The molecule has 0 saturated carbocycles. The summed E-state index contributed by atoms with van der Waals surface area (Å²) >= 11 is 0. The average Bonchev–Trinajstić information content (AvgIpc) is 3.61. The van der Waals surface area contributed by atoms with E-state index in [1.54, 1.807) is 0 Å². The van der Waals surface area contributed by atoms with E-state index in [0.29, 0.717) is 0 Å². The molecule has 8 bridgehead atoms. The fourth-order valence-corrected chi connectivity index (χ4v) is 3.90. The van der Waals surface area contributed by atoms with Gasteiger partial charge in [-0.3, -0.25) is 4.98 Å². The van der Waals surface area contributed by atoms with Gasteiger partial charge >= 0.3 is 0 Å². The van der Waals surface area contributed by atoms with Crippen LogP contribution in [0, 0.1) is 27.7 Å². The van der Waals surface area contributed by atoms with Crippen LogP contribution >= 0.6 is 0 Å². The largest absolute Gasteiger partial charge is 0.355 e. The fourth-order valence-electron chi connectivity index (χ4n) is 3.90. The first-order valence-corrected chi connectivity index (χ1v) is 11.4. The molecule has 0 amide bonds. The number of hydrogen-bond donors (Lipinski definition) is 2. The Hall–Kier alpha value is -3.73. The minimum Gasteiger partial charge on any atom is -0.355 e. The zero-order chi connectivity index (χ0) is 23.7. The molecular weight excluding hydrogens is 474 g/mol. The van der Waals surface area contributed by atoms with E-state index in [0.717, 1.165) is 50.5 Å². The zero-order valence-electron chi connectivity index (χ0n) is 20.2. The summed E-state index contributed by atoms with van der Waals surface area (Å²) in [7, 11) is 0. The monoisotopic (exact) mass is 501 g/mol. The van der Waals surface area contributed by atoms with Crippen molar-refractivity contribution in [2.24, 2.45) is 0 Å². The smallest absolute Gasteiger partial charge is 0.0658 e. The van der Waals surface area contributed by atoms with Crippen LogP contribution in [0.1, 0.15) is 45.2 Å². The van der Waals surface area contributed by atoms with Gasteiger partial charge in [0.15, 0.2) is 0 Å². The molecule has 2 aliphatic rings. The van der Waals surface area contributed by atoms with Crippen LogP contribution < -0.4 is 0 Å². The van der Waals surface area contributed by atoms with E-state index in [4.69, 9.17) is 0 Å². The van der Waals surface area contributed by atoms with E-state index in [2.05, 4.69) is 70.0 Å². The second kappa shape index (κ2) is 10.3. The fraction of sp³-hybridized carbons (Fsp3) is 0.138. The number of fused-ring (bicyclic) bond motifs is 8. The van der Waals surface area contributed by atoms with Gasteiger partial charge in [0.2, 0.25) is 0 Å². The molecule has 6 rings (SSSR count). The molecular formula is C29H27FeN5. The quantitative estimate of drug-likeness (QED) is 0.221. The number of rotatable bonds is 0. The number of nitrogens with one attached hydrogen (secondary N) is 2.